The number of carbonyl (C=O) groups is 1. The van der Waals surface area contributed by atoms with Crippen molar-refractivity contribution in [1.82, 2.24) is 5.32 Å². The summed E-state index contributed by atoms with van der Waals surface area (Å²) in [6, 6.07) is 4.65. The van der Waals surface area contributed by atoms with Gasteiger partial charge in [0, 0.05) is 22.5 Å². The zero-order valence-corrected chi connectivity index (χ0v) is 11.4. The van der Waals surface area contributed by atoms with E-state index in [-0.39, 0.29) is 6.54 Å². The van der Waals surface area contributed by atoms with E-state index >= 15 is 0 Å². The van der Waals surface area contributed by atoms with Crippen LogP contribution >= 0.6 is 15.9 Å². The maximum atomic E-state index is 11.2. The molecule has 1 unspecified atom stereocenters. The van der Waals surface area contributed by atoms with Crippen molar-refractivity contribution in [2.24, 2.45) is 5.11 Å². The van der Waals surface area contributed by atoms with E-state index in [1.165, 1.54) is 0 Å². The number of carboxylic acid groups (broad SMARTS) is 1. The number of nitrogens with one attached hydrogen (secondary N) is 1. The van der Waals surface area contributed by atoms with Gasteiger partial charge in [0.1, 0.15) is 6.04 Å². The molecule has 0 saturated heterocycles. The largest absolute Gasteiger partial charge is 0.480 e. The molecule has 0 aliphatic carbocycles. The van der Waals surface area contributed by atoms with Gasteiger partial charge < -0.3 is 10.4 Å². The Bertz CT molecular complexity index is 486. The number of halogens is 1. The second-order valence-electron chi connectivity index (χ2n) is 3.70. The predicted octanol–water partition coefficient (Wildman–Crippen LogP) is 2.78. The van der Waals surface area contributed by atoms with Gasteiger partial charge in [0.05, 0.1) is 0 Å². The Balaban J connectivity index is 2.84. The highest BCUT2D eigenvalue weighted by atomic mass is 79.9. The minimum atomic E-state index is -0.972. The van der Waals surface area contributed by atoms with Crippen molar-refractivity contribution in [3.8, 4) is 0 Å². The zero-order chi connectivity index (χ0) is 13.5. The van der Waals surface area contributed by atoms with Crippen LogP contribution in [0.4, 0.5) is 0 Å². The highest BCUT2D eigenvalue weighted by molar-refractivity contribution is 9.10. The molecule has 1 aromatic rings. The first-order valence-electron chi connectivity index (χ1n) is 5.29. The fourth-order valence-electron chi connectivity index (χ4n) is 1.50. The van der Waals surface area contributed by atoms with Crippen LogP contribution in [-0.4, -0.2) is 24.2 Å². The van der Waals surface area contributed by atoms with E-state index in [4.69, 9.17) is 5.53 Å². The van der Waals surface area contributed by atoms with Gasteiger partial charge in [-0.1, -0.05) is 33.2 Å². The summed E-state index contributed by atoms with van der Waals surface area (Å²) in [5.41, 5.74) is 9.83. The Morgan fingerprint density at radius 3 is 2.94 bits per heavy atom. The summed E-state index contributed by atoms with van der Waals surface area (Å²) in [4.78, 5) is 13.8. The molecule has 0 aromatic heterocycles. The lowest BCUT2D eigenvalue weighted by Gasteiger charge is -2.16. The normalized spacial score (nSPS) is 11.7. The molecule has 2 N–H and O–H groups in total. The van der Waals surface area contributed by atoms with Crippen LogP contribution in [0.2, 0.25) is 0 Å². The topological polar surface area (TPSA) is 98.1 Å². The van der Waals surface area contributed by atoms with Crippen LogP contribution in [0.5, 0.6) is 0 Å². The second kappa shape index (κ2) is 7.00. The van der Waals surface area contributed by atoms with Crippen molar-refractivity contribution < 1.29 is 9.90 Å². The summed E-state index contributed by atoms with van der Waals surface area (Å²) in [5.74, 6) is -0.972. The van der Waals surface area contributed by atoms with Crippen LogP contribution in [0, 0.1) is 6.92 Å². The SMILES string of the molecule is Cc1ccc(C(NCCN=[N+]=[N-])C(=O)O)c(Br)c1. The molecule has 1 rings (SSSR count). The van der Waals surface area contributed by atoms with Crippen LogP contribution in [0.25, 0.3) is 10.4 Å². The lowest BCUT2D eigenvalue weighted by Crippen LogP contribution is -2.30. The molecule has 0 bridgehead atoms. The Labute approximate surface area is 113 Å². The number of rotatable bonds is 6. The highest BCUT2D eigenvalue weighted by Crippen LogP contribution is 2.24. The van der Waals surface area contributed by atoms with Gasteiger partial charge in [-0.05, 0) is 29.6 Å². The van der Waals surface area contributed by atoms with Crippen molar-refractivity contribution >= 4 is 21.9 Å². The third-order valence-corrected chi connectivity index (χ3v) is 3.02. The molecule has 18 heavy (non-hydrogen) atoms. The van der Waals surface area contributed by atoms with Crippen LogP contribution in [0.1, 0.15) is 17.2 Å². The van der Waals surface area contributed by atoms with Gasteiger partial charge in [-0.2, -0.15) is 0 Å². The smallest absolute Gasteiger partial charge is 0.325 e. The van der Waals surface area contributed by atoms with Crippen molar-refractivity contribution in [1.29, 1.82) is 0 Å². The fourth-order valence-corrected chi connectivity index (χ4v) is 2.22. The Morgan fingerprint density at radius 1 is 1.67 bits per heavy atom. The van der Waals surface area contributed by atoms with Gasteiger partial charge in [0.15, 0.2) is 0 Å². The number of benzene rings is 1. The summed E-state index contributed by atoms with van der Waals surface area (Å²) in [6.45, 7) is 2.45. The Morgan fingerprint density at radius 2 is 2.39 bits per heavy atom. The number of azide groups is 1. The van der Waals surface area contributed by atoms with Crippen molar-refractivity contribution in [2.75, 3.05) is 13.1 Å². The summed E-state index contributed by atoms with van der Waals surface area (Å²) < 4.78 is 0.742. The molecule has 0 spiro atoms. The molecule has 7 heteroatoms. The maximum Gasteiger partial charge on any atom is 0.325 e. The number of aliphatic carboxylic acids is 1. The molecule has 0 heterocycles. The van der Waals surface area contributed by atoms with E-state index in [0.717, 1.165) is 10.0 Å². The second-order valence-corrected chi connectivity index (χ2v) is 4.56. The van der Waals surface area contributed by atoms with Crippen LogP contribution in [-0.2, 0) is 4.79 Å². The average Bonchev–Trinajstić information content (AvgIpc) is 2.30. The molecule has 0 aliphatic heterocycles. The van der Waals surface area contributed by atoms with Gasteiger partial charge in [-0.3, -0.25) is 4.79 Å². The molecule has 0 fully saturated rings. The molecule has 1 atom stereocenters. The predicted molar refractivity (Wildman–Crippen MR) is 71.3 cm³/mol. The first-order valence-corrected chi connectivity index (χ1v) is 6.08. The van der Waals surface area contributed by atoms with E-state index in [0.29, 0.717) is 12.1 Å². The lowest BCUT2D eigenvalue weighted by atomic mass is 10.1. The molecular weight excluding hydrogens is 300 g/mol. The number of aryl methyl sites for hydroxylation is 1. The summed E-state index contributed by atoms with van der Waals surface area (Å²) in [5, 5.41) is 15.4. The van der Waals surface area contributed by atoms with Crippen molar-refractivity contribution in [3.05, 3.63) is 44.2 Å². The van der Waals surface area contributed by atoms with Gasteiger partial charge in [0.2, 0.25) is 0 Å². The first kappa shape index (κ1) is 14.5. The van der Waals surface area contributed by atoms with Gasteiger partial charge in [-0.25, -0.2) is 0 Å². The fraction of sp³-hybridized carbons (Fsp3) is 0.364. The lowest BCUT2D eigenvalue weighted by molar-refractivity contribution is -0.139. The van der Waals surface area contributed by atoms with E-state index in [1.807, 2.05) is 19.1 Å². The van der Waals surface area contributed by atoms with E-state index in [9.17, 15) is 9.90 Å². The molecule has 0 saturated carbocycles. The third kappa shape index (κ3) is 4.03. The number of hydrogen-bond donors (Lipinski definition) is 2. The number of nitrogens with zero attached hydrogens (tertiary/aromatic N) is 3. The molecule has 6 nitrogen and oxygen atoms in total. The van der Waals surface area contributed by atoms with E-state index in [1.54, 1.807) is 6.07 Å². The van der Waals surface area contributed by atoms with Crippen LogP contribution in [0.3, 0.4) is 0 Å². The Hall–Kier alpha value is -1.56. The quantitative estimate of drug-likeness (QED) is 0.365. The third-order valence-electron chi connectivity index (χ3n) is 2.34. The molecule has 96 valence electrons. The molecule has 0 amide bonds. The number of hydrogen-bond acceptors (Lipinski definition) is 3. The monoisotopic (exact) mass is 312 g/mol. The summed E-state index contributed by atoms with van der Waals surface area (Å²) in [7, 11) is 0. The van der Waals surface area contributed by atoms with E-state index < -0.39 is 12.0 Å². The van der Waals surface area contributed by atoms with E-state index in [2.05, 4.69) is 31.3 Å². The van der Waals surface area contributed by atoms with Crippen LogP contribution < -0.4 is 5.32 Å². The van der Waals surface area contributed by atoms with Crippen molar-refractivity contribution in [2.45, 2.75) is 13.0 Å². The average molecular weight is 313 g/mol. The van der Waals surface area contributed by atoms with Crippen molar-refractivity contribution in [3.63, 3.8) is 0 Å². The van der Waals surface area contributed by atoms with Gasteiger partial charge >= 0.3 is 5.97 Å². The first-order chi connectivity index (χ1) is 8.56. The highest BCUT2D eigenvalue weighted by Gasteiger charge is 2.21. The maximum absolute atomic E-state index is 11.2. The summed E-state index contributed by atoms with van der Waals surface area (Å²) in [6.07, 6.45) is 0. The minimum absolute atomic E-state index is 0.212. The zero-order valence-electron chi connectivity index (χ0n) is 9.80. The minimum Gasteiger partial charge on any atom is -0.480 e. The van der Waals surface area contributed by atoms with Gasteiger partial charge in [-0.15, -0.1) is 0 Å². The molecule has 1 aromatic carbocycles. The van der Waals surface area contributed by atoms with Gasteiger partial charge in [0.25, 0.3) is 0 Å². The summed E-state index contributed by atoms with van der Waals surface area (Å²) >= 11 is 3.35. The van der Waals surface area contributed by atoms with Crippen LogP contribution in [0.15, 0.2) is 27.8 Å². The molecule has 0 aliphatic rings. The number of carboxylic acids is 1. The Kier molecular flexibility index (Phi) is 5.64. The molecular formula is C11H13BrN4O2. The standard InChI is InChI=1S/C11H13BrN4O2/c1-7-2-3-8(9(12)6-7)10(11(17)18)14-4-5-15-16-13/h2-3,6,10,14H,4-5H2,1H3,(H,17,18). The molecule has 0 radical (unpaired) electrons.